The first-order chi connectivity index (χ1) is 14.1. The number of rotatable bonds is 5. The molecular weight excluding hydrogens is 426 g/mol. The third kappa shape index (κ3) is 4.15. The lowest BCUT2D eigenvalue weighted by Crippen LogP contribution is -2.17. The first-order valence-corrected chi connectivity index (χ1v) is 10.1. The maximum absolute atomic E-state index is 12.3. The van der Waals surface area contributed by atoms with E-state index in [0.717, 1.165) is 33.2 Å². The van der Waals surface area contributed by atoms with Crippen LogP contribution >= 0.6 is 15.9 Å². The van der Waals surface area contributed by atoms with Crippen molar-refractivity contribution in [2.24, 2.45) is 5.10 Å². The average molecular weight is 446 g/mol. The minimum absolute atomic E-state index is 0.237. The Hall–Kier alpha value is -3.18. The molecule has 0 aliphatic rings. The van der Waals surface area contributed by atoms with E-state index in [1.54, 1.807) is 18.3 Å². The lowest BCUT2D eigenvalue weighted by Gasteiger charge is -2.08. The standard InChI is InChI=1S/C24H20BrN3O/c1-17-22(15-26-27-24(29)19-11-13-20(25)14-12-19)21-9-5-6-10-23(21)28(17)16-18-7-3-2-4-8-18/h2-15H,16H2,1H3,(H,27,29)/b26-15+. The van der Waals surface area contributed by atoms with Gasteiger partial charge in [0.15, 0.2) is 0 Å². The van der Waals surface area contributed by atoms with Gasteiger partial charge in [-0.3, -0.25) is 4.79 Å². The fraction of sp³-hybridized carbons (Fsp3) is 0.0833. The Bertz CT molecular complexity index is 1180. The summed E-state index contributed by atoms with van der Waals surface area (Å²) in [6.07, 6.45) is 1.73. The molecule has 4 nitrogen and oxygen atoms in total. The summed E-state index contributed by atoms with van der Waals surface area (Å²) < 4.78 is 3.21. The molecule has 1 N–H and O–H groups in total. The molecule has 0 atom stereocenters. The lowest BCUT2D eigenvalue weighted by molar-refractivity contribution is 0.0955. The highest BCUT2D eigenvalue weighted by molar-refractivity contribution is 9.10. The summed E-state index contributed by atoms with van der Waals surface area (Å²) in [5, 5.41) is 5.34. The number of hydrogen-bond acceptors (Lipinski definition) is 2. The molecule has 144 valence electrons. The molecule has 0 aliphatic heterocycles. The van der Waals surface area contributed by atoms with Crippen LogP contribution in [0.15, 0.2) is 88.4 Å². The molecule has 1 aromatic heterocycles. The van der Waals surface area contributed by atoms with Crippen molar-refractivity contribution in [3.05, 3.63) is 106 Å². The van der Waals surface area contributed by atoms with E-state index in [1.807, 2.05) is 30.3 Å². The molecule has 0 aliphatic carbocycles. The van der Waals surface area contributed by atoms with Crippen LogP contribution in [0.25, 0.3) is 10.9 Å². The fourth-order valence-corrected chi connectivity index (χ4v) is 3.68. The molecule has 0 spiro atoms. The molecule has 0 fully saturated rings. The molecule has 3 aromatic carbocycles. The van der Waals surface area contributed by atoms with Crippen molar-refractivity contribution in [3.63, 3.8) is 0 Å². The Morgan fingerprint density at radius 2 is 1.69 bits per heavy atom. The van der Waals surface area contributed by atoms with Crippen LogP contribution in [0.4, 0.5) is 0 Å². The highest BCUT2D eigenvalue weighted by Crippen LogP contribution is 2.25. The van der Waals surface area contributed by atoms with Gasteiger partial charge in [-0.15, -0.1) is 0 Å². The number of carbonyl (C=O) groups is 1. The molecule has 4 rings (SSSR count). The Labute approximate surface area is 178 Å². The molecule has 5 heteroatoms. The van der Waals surface area contributed by atoms with Gasteiger partial charge in [0.1, 0.15) is 0 Å². The Morgan fingerprint density at radius 1 is 1.00 bits per heavy atom. The van der Waals surface area contributed by atoms with Gasteiger partial charge in [-0.25, -0.2) is 5.43 Å². The molecular formula is C24H20BrN3O. The number of fused-ring (bicyclic) bond motifs is 1. The number of benzene rings is 3. The number of amides is 1. The molecule has 29 heavy (non-hydrogen) atoms. The van der Waals surface area contributed by atoms with Crippen molar-refractivity contribution in [1.82, 2.24) is 9.99 Å². The van der Waals surface area contributed by atoms with E-state index in [9.17, 15) is 4.79 Å². The maximum Gasteiger partial charge on any atom is 0.271 e. The van der Waals surface area contributed by atoms with Crippen molar-refractivity contribution >= 4 is 39.0 Å². The topological polar surface area (TPSA) is 46.4 Å². The van der Waals surface area contributed by atoms with Crippen LogP contribution in [0.2, 0.25) is 0 Å². The molecule has 0 radical (unpaired) electrons. The first-order valence-electron chi connectivity index (χ1n) is 9.34. The predicted molar refractivity (Wildman–Crippen MR) is 121 cm³/mol. The zero-order chi connectivity index (χ0) is 20.2. The number of nitrogens with zero attached hydrogens (tertiary/aromatic N) is 2. The monoisotopic (exact) mass is 445 g/mol. The first kappa shape index (κ1) is 19.2. The van der Waals surface area contributed by atoms with Gasteiger partial charge in [-0.1, -0.05) is 64.5 Å². The number of aromatic nitrogens is 1. The summed E-state index contributed by atoms with van der Waals surface area (Å²) in [4.78, 5) is 12.3. The van der Waals surface area contributed by atoms with E-state index in [1.165, 1.54) is 5.56 Å². The summed E-state index contributed by atoms with van der Waals surface area (Å²) in [6.45, 7) is 2.87. The number of carbonyl (C=O) groups excluding carboxylic acids is 1. The van der Waals surface area contributed by atoms with E-state index in [2.05, 4.69) is 74.3 Å². The highest BCUT2D eigenvalue weighted by Gasteiger charge is 2.13. The summed E-state index contributed by atoms with van der Waals surface area (Å²) >= 11 is 3.37. The second-order valence-electron chi connectivity index (χ2n) is 6.79. The average Bonchev–Trinajstić information content (AvgIpc) is 3.01. The van der Waals surface area contributed by atoms with Crippen molar-refractivity contribution < 1.29 is 4.79 Å². The van der Waals surface area contributed by atoms with Crippen LogP contribution in [-0.2, 0) is 6.54 Å². The van der Waals surface area contributed by atoms with Crippen molar-refractivity contribution in [3.8, 4) is 0 Å². The molecule has 4 aromatic rings. The van der Waals surface area contributed by atoms with Crippen LogP contribution in [0, 0.1) is 6.92 Å². The van der Waals surface area contributed by atoms with Crippen molar-refractivity contribution in [1.29, 1.82) is 0 Å². The quantitative estimate of drug-likeness (QED) is 0.318. The summed E-state index contributed by atoms with van der Waals surface area (Å²) in [6, 6.07) is 25.8. The van der Waals surface area contributed by atoms with Gasteiger partial charge in [0.25, 0.3) is 5.91 Å². The van der Waals surface area contributed by atoms with Crippen LogP contribution in [0.1, 0.15) is 27.2 Å². The summed E-state index contributed by atoms with van der Waals surface area (Å²) in [5.74, 6) is -0.237. The SMILES string of the molecule is Cc1c(/C=N/NC(=O)c2ccc(Br)cc2)c2ccccc2n1Cc1ccccc1. The molecule has 0 unspecified atom stereocenters. The number of hydrazone groups is 1. The zero-order valence-electron chi connectivity index (χ0n) is 16.0. The Morgan fingerprint density at radius 3 is 2.45 bits per heavy atom. The molecule has 0 bridgehead atoms. The number of nitrogens with one attached hydrogen (secondary N) is 1. The second kappa shape index (κ2) is 8.45. The van der Waals surface area contributed by atoms with E-state index >= 15 is 0 Å². The zero-order valence-corrected chi connectivity index (χ0v) is 17.6. The van der Waals surface area contributed by atoms with Crippen LogP contribution in [0.5, 0.6) is 0 Å². The van der Waals surface area contributed by atoms with Gasteiger partial charge in [0.05, 0.1) is 6.21 Å². The van der Waals surface area contributed by atoms with E-state index in [-0.39, 0.29) is 5.91 Å². The lowest BCUT2D eigenvalue weighted by atomic mass is 10.1. The van der Waals surface area contributed by atoms with Crippen LogP contribution in [-0.4, -0.2) is 16.7 Å². The highest BCUT2D eigenvalue weighted by atomic mass is 79.9. The van der Waals surface area contributed by atoms with Gasteiger partial charge < -0.3 is 4.57 Å². The molecule has 1 amide bonds. The van der Waals surface area contributed by atoms with Gasteiger partial charge >= 0.3 is 0 Å². The van der Waals surface area contributed by atoms with Crippen LogP contribution < -0.4 is 5.43 Å². The van der Waals surface area contributed by atoms with Gasteiger partial charge in [-0.2, -0.15) is 5.10 Å². The predicted octanol–water partition coefficient (Wildman–Crippen LogP) is 5.52. The smallest absolute Gasteiger partial charge is 0.271 e. The number of halogens is 1. The van der Waals surface area contributed by atoms with E-state index in [0.29, 0.717) is 5.56 Å². The fourth-order valence-electron chi connectivity index (χ4n) is 3.41. The maximum atomic E-state index is 12.3. The summed E-state index contributed by atoms with van der Waals surface area (Å²) in [5.41, 5.74) is 7.69. The van der Waals surface area contributed by atoms with Gasteiger partial charge in [0, 0.05) is 38.7 Å². The third-order valence-corrected chi connectivity index (χ3v) is 5.46. The Kier molecular flexibility index (Phi) is 5.58. The van der Waals surface area contributed by atoms with Crippen molar-refractivity contribution in [2.45, 2.75) is 13.5 Å². The summed E-state index contributed by atoms with van der Waals surface area (Å²) in [7, 11) is 0. The number of para-hydroxylation sites is 1. The number of hydrogen-bond donors (Lipinski definition) is 1. The minimum atomic E-state index is -0.237. The second-order valence-corrected chi connectivity index (χ2v) is 7.71. The molecule has 1 heterocycles. The van der Waals surface area contributed by atoms with E-state index < -0.39 is 0 Å². The molecule has 0 saturated carbocycles. The normalized spacial score (nSPS) is 11.2. The van der Waals surface area contributed by atoms with Crippen LogP contribution in [0.3, 0.4) is 0 Å². The Balaban J connectivity index is 1.62. The third-order valence-electron chi connectivity index (χ3n) is 4.93. The van der Waals surface area contributed by atoms with Gasteiger partial charge in [0.2, 0.25) is 0 Å². The largest absolute Gasteiger partial charge is 0.340 e. The van der Waals surface area contributed by atoms with E-state index in [4.69, 9.17) is 0 Å². The molecule has 0 saturated heterocycles. The van der Waals surface area contributed by atoms with Crippen molar-refractivity contribution in [2.75, 3.05) is 0 Å². The minimum Gasteiger partial charge on any atom is -0.340 e. The van der Waals surface area contributed by atoms with Gasteiger partial charge in [-0.05, 0) is 42.8 Å².